The highest BCUT2D eigenvalue weighted by molar-refractivity contribution is 6.31. The van der Waals surface area contributed by atoms with E-state index < -0.39 is 29.6 Å². The van der Waals surface area contributed by atoms with Gasteiger partial charge in [-0.15, -0.1) is 5.11 Å². The average molecular weight is 633 g/mol. The normalized spacial score (nSPS) is 14.7. The van der Waals surface area contributed by atoms with Crippen LogP contribution in [-0.2, 0) is 29.0 Å². The second-order valence-electron chi connectivity index (χ2n) is 10.5. The smallest absolute Gasteiger partial charge is 0.332 e. The van der Waals surface area contributed by atoms with Gasteiger partial charge in [0, 0.05) is 17.2 Å². The number of aromatic nitrogens is 2. The van der Waals surface area contributed by atoms with Crippen molar-refractivity contribution in [2.45, 2.75) is 45.4 Å². The molecule has 0 spiro atoms. The van der Waals surface area contributed by atoms with E-state index in [-0.39, 0.29) is 34.8 Å². The summed E-state index contributed by atoms with van der Waals surface area (Å²) in [4.78, 5) is 53.9. The Bertz CT molecular complexity index is 1850. The Hall–Kier alpha value is -4.65. The van der Waals surface area contributed by atoms with E-state index >= 15 is 0 Å². The summed E-state index contributed by atoms with van der Waals surface area (Å²) in [5, 5.41) is 9.14. The summed E-state index contributed by atoms with van der Waals surface area (Å²) in [6.45, 7) is 2.41. The lowest BCUT2D eigenvalue weighted by Crippen LogP contribution is -2.46. The molecule has 5 rings (SSSR count). The minimum atomic E-state index is -0.741. The summed E-state index contributed by atoms with van der Waals surface area (Å²) in [6.07, 6.45) is 1.79. The van der Waals surface area contributed by atoms with Crippen molar-refractivity contribution in [2.24, 2.45) is 16.1 Å². The highest BCUT2D eigenvalue weighted by Gasteiger charge is 2.24. The minimum absolute atomic E-state index is 0.0211. The zero-order valence-corrected chi connectivity index (χ0v) is 25.5. The molecular formula is C32H33ClN6O6. The molecule has 45 heavy (non-hydrogen) atoms. The zero-order valence-electron chi connectivity index (χ0n) is 24.7. The molecule has 0 saturated carbocycles. The van der Waals surface area contributed by atoms with Crippen LogP contribution in [0.3, 0.4) is 0 Å². The van der Waals surface area contributed by atoms with Gasteiger partial charge in [0.25, 0.3) is 17.4 Å². The second-order valence-corrected chi connectivity index (χ2v) is 10.9. The van der Waals surface area contributed by atoms with E-state index in [9.17, 15) is 19.2 Å². The molecule has 1 unspecified atom stereocenters. The Morgan fingerprint density at radius 1 is 1.09 bits per heavy atom. The van der Waals surface area contributed by atoms with Gasteiger partial charge < -0.3 is 9.47 Å². The van der Waals surface area contributed by atoms with Crippen LogP contribution in [0, 0.1) is 0 Å². The van der Waals surface area contributed by atoms with Gasteiger partial charge in [-0.2, -0.15) is 5.11 Å². The molecule has 0 bridgehead atoms. The fraction of sp³-hybridized carbons (Fsp3) is 0.312. The highest BCUT2D eigenvalue weighted by atomic mass is 35.5. The van der Waals surface area contributed by atoms with E-state index in [0.717, 1.165) is 26.1 Å². The number of carbonyl (C=O) groups excluding carboxylic acids is 2. The Labute approximate surface area is 263 Å². The monoisotopic (exact) mass is 632 g/mol. The third-order valence-corrected chi connectivity index (χ3v) is 7.67. The van der Waals surface area contributed by atoms with E-state index in [2.05, 4.69) is 10.2 Å². The van der Waals surface area contributed by atoms with Gasteiger partial charge in [0.1, 0.15) is 18.0 Å². The van der Waals surface area contributed by atoms with Crippen LogP contribution in [-0.4, -0.2) is 46.8 Å². The first-order valence-electron chi connectivity index (χ1n) is 14.6. The molecule has 1 fully saturated rings. The Balaban J connectivity index is 1.50. The molecule has 4 aromatic rings. The number of hydrazine groups is 1. The van der Waals surface area contributed by atoms with Crippen LogP contribution in [0.1, 0.15) is 35.7 Å². The minimum Gasteiger partial charge on any atom is -0.492 e. The van der Waals surface area contributed by atoms with Crippen LogP contribution in [0.25, 0.3) is 10.9 Å². The number of rotatable bonds is 11. The Morgan fingerprint density at radius 3 is 2.62 bits per heavy atom. The maximum atomic E-state index is 13.8. The predicted octanol–water partition coefficient (Wildman–Crippen LogP) is 4.14. The maximum absolute atomic E-state index is 13.8. The van der Waals surface area contributed by atoms with Crippen molar-refractivity contribution in [3.05, 3.63) is 104 Å². The van der Waals surface area contributed by atoms with Crippen LogP contribution in [0.2, 0.25) is 5.02 Å². The van der Waals surface area contributed by atoms with Crippen LogP contribution in [0.4, 0.5) is 5.69 Å². The first-order valence-corrected chi connectivity index (χ1v) is 15.0. The van der Waals surface area contributed by atoms with E-state index in [0.29, 0.717) is 43.4 Å². The van der Waals surface area contributed by atoms with Crippen LogP contribution in [0.15, 0.2) is 86.5 Å². The topological polar surface area (TPSA) is 151 Å². The van der Waals surface area contributed by atoms with E-state index in [4.69, 9.17) is 26.9 Å². The lowest BCUT2D eigenvalue weighted by molar-refractivity contribution is -0.119. The molecule has 0 radical (unpaired) electrons. The van der Waals surface area contributed by atoms with Gasteiger partial charge in [0.2, 0.25) is 0 Å². The number of ether oxygens (including phenoxy) is 2. The number of benzene rings is 3. The van der Waals surface area contributed by atoms with Gasteiger partial charge in [0.05, 0.1) is 36.7 Å². The molecule has 1 aliphatic rings. The van der Waals surface area contributed by atoms with E-state index in [1.54, 1.807) is 19.1 Å². The van der Waals surface area contributed by atoms with Gasteiger partial charge >= 0.3 is 5.69 Å². The van der Waals surface area contributed by atoms with Gasteiger partial charge in [-0.3, -0.25) is 23.5 Å². The van der Waals surface area contributed by atoms with Gasteiger partial charge in [-0.25, -0.2) is 15.6 Å². The molecule has 13 heteroatoms. The van der Waals surface area contributed by atoms with Crippen LogP contribution >= 0.6 is 11.6 Å². The summed E-state index contributed by atoms with van der Waals surface area (Å²) in [7, 11) is 0. The molecule has 234 valence electrons. The van der Waals surface area contributed by atoms with Crippen molar-refractivity contribution in [1.82, 2.24) is 9.13 Å². The standard InChI is InChI=1S/C32H33ClN6O6/c1-2-44-28-13-11-23(33)18-27(28)39(34)29(40)20-37-26-17-22(30(41)36-35-15-14-21-7-4-3-5-8-21)10-12-25(26)31(42)38(32(37)43)19-24-9-6-16-45-24/h3-5,7-8,10-13,17-18,24H,2,6,9,14-16,19-20,34H2,1H3. The van der Waals surface area contributed by atoms with Gasteiger partial charge in [-0.05, 0) is 68.1 Å². The number of azo groups is 1. The van der Waals surface area contributed by atoms with Crippen LogP contribution < -0.4 is 26.8 Å². The number of hydrogen-bond donors (Lipinski definition) is 1. The largest absolute Gasteiger partial charge is 0.492 e. The van der Waals surface area contributed by atoms with Crippen molar-refractivity contribution in [2.75, 3.05) is 24.8 Å². The summed E-state index contributed by atoms with van der Waals surface area (Å²) in [5.74, 6) is 5.20. The molecule has 2 N–H and O–H groups in total. The fourth-order valence-corrected chi connectivity index (χ4v) is 5.32. The van der Waals surface area contributed by atoms with E-state index in [1.807, 2.05) is 30.3 Å². The number of anilines is 1. The molecule has 1 saturated heterocycles. The summed E-state index contributed by atoms with van der Waals surface area (Å²) in [5.41, 5.74) is 0.136. The van der Waals surface area contributed by atoms with Crippen molar-refractivity contribution in [3.63, 3.8) is 0 Å². The zero-order chi connectivity index (χ0) is 31.9. The van der Waals surface area contributed by atoms with Gasteiger partial charge in [-0.1, -0.05) is 41.9 Å². The SMILES string of the molecule is CCOc1ccc(Cl)cc1N(N)C(=O)Cn1c(=O)n(CC2CCCO2)c(=O)c2ccc(C(=O)N=NCCc3ccccc3)cc21. The molecule has 1 aliphatic heterocycles. The number of nitrogens with zero attached hydrogens (tertiary/aromatic N) is 5. The van der Waals surface area contributed by atoms with Crippen molar-refractivity contribution >= 4 is 40.0 Å². The summed E-state index contributed by atoms with van der Waals surface area (Å²) < 4.78 is 13.5. The van der Waals surface area contributed by atoms with Crippen molar-refractivity contribution in [1.29, 1.82) is 0 Å². The first-order chi connectivity index (χ1) is 21.8. The third-order valence-electron chi connectivity index (χ3n) is 7.43. The second kappa shape index (κ2) is 14.4. The average Bonchev–Trinajstić information content (AvgIpc) is 3.57. The maximum Gasteiger partial charge on any atom is 0.332 e. The Morgan fingerprint density at radius 2 is 1.89 bits per heavy atom. The lowest BCUT2D eigenvalue weighted by Gasteiger charge is -2.22. The summed E-state index contributed by atoms with van der Waals surface area (Å²) in [6, 6.07) is 18.6. The number of carbonyl (C=O) groups is 2. The summed E-state index contributed by atoms with van der Waals surface area (Å²) >= 11 is 6.17. The quantitative estimate of drug-likeness (QED) is 0.113. The molecule has 2 amide bonds. The molecule has 1 aromatic heterocycles. The third kappa shape index (κ3) is 7.36. The fourth-order valence-electron chi connectivity index (χ4n) is 5.15. The first kappa shape index (κ1) is 31.8. The number of nitrogens with two attached hydrogens (primary N) is 1. The molecule has 2 heterocycles. The number of fused-ring (bicyclic) bond motifs is 1. The van der Waals surface area contributed by atoms with Gasteiger partial charge in [0.15, 0.2) is 0 Å². The highest BCUT2D eigenvalue weighted by Crippen LogP contribution is 2.30. The number of halogens is 1. The molecule has 1 atom stereocenters. The molecule has 0 aliphatic carbocycles. The van der Waals surface area contributed by atoms with Crippen LogP contribution in [0.5, 0.6) is 5.75 Å². The van der Waals surface area contributed by atoms with E-state index in [1.165, 1.54) is 24.3 Å². The molecule has 12 nitrogen and oxygen atoms in total. The lowest BCUT2D eigenvalue weighted by atomic mass is 10.1. The molecular weight excluding hydrogens is 600 g/mol. The molecule has 3 aromatic carbocycles. The van der Waals surface area contributed by atoms with Crippen molar-refractivity contribution < 1.29 is 19.1 Å². The Kier molecular flexibility index (Phi) is 10.2. The van der Waals surface area contributed by atoms with Crippen molar-refractivity contribution in [3.8, 4) is 5.75 Å². The predicted molar refractivity (Wildman–Crippen MR) is 170 cm³/mol. The number of hydrogen-bond acceptors (Lipinski definition) is 8. The number of amides is 2.